The van der Waals surface area contributed by atoms with Gasteiger partial charge in [0.1, 0.15) is 0 Å². The van der Waals surface area contributed by atoms with Crippen molar-refractivity contribution in [1.29, 1.82) is 0 Å². The molecule has 0 bridgehead atoms. The highest BCUT2D eigenvalue weighted by molar-refractivity contribution is 6.30. The molecule has 1 aromatic rings. The van der Waals surface area contributed by atoms with Crippen molar-refractivity contribution in [3.63, 3.8) is 0 Å². The third-order valence-corrected chi connectivity index (χ3v) is 4.08. The van der Waals surface area contributed by atoms with Gasteiger partial charge in [0, 0.05) is 18.1 Å². The number of benzene rings is 1. The Balaban J connectivity index is 2.04. The number of nitrogens with two attached hydrogens (primary N) is 1. The number of likely N-dealkylation sites (tertiary alicyclic amines) is 1. The zero-order valence-corrected chi connectivity index (χ0v) is 12.5. The number of hydrogen-bond acceptors (Lipinski definition) is 2. The first-order chi connectivity index (χ1) is 9.60. The summed E-state index contributed by atoms with van der Waals surface area (Å²) >= 11 is 5.89. The Bertz CT molecular complexity index is 484. The van der Waals surface area contributed by atoms with Gasteiger partial charge in [-0.3, -0.25) is 4.79 Å². The molecule has 1 fully saturated rings. The summed E-state index contributed by atoms with van der Waals surface area (Å²) in [6.45, 7) is 4.75. The minimum Gasteiger partial charge on any atom is -0.369 e. The van der Waals surface area contributed by atoms with Gasteiger partial charge in [0.05, 0.1) is 5.92 Å². The van der Waals surface area contributed by atoms with Gasteiger partial charge in [-0.1, -0.05) is 35.9 Å². The standard InChI is InChI=1S/C16H21ClN2O/c1-2-3-12-8-9-19(10-12)11-15(16(18)20)13-4-6-14(17)7-5-13/h2-7,12,15H,8-11H2,1H3,(H2,18,20)/b3-2-/t12-,15-/m0/s1. The van der Waals surface area contributed by atoms with Crippen LogP contribution < -0.4 is 5.73 Å². The largest absolute Gasteiger partial charge is 0.369 e. The van der Waals surface area contributed by atoms with Crippen molar-refractivity contribution in [2.45, 2.75) is 19.3 Å². The van der Waals surface area contributed by atoms with E-state index in [-0.39, 0.29) is 11.8 Å². The van der Waals surface area contributed by atoms with Crippen molar-refractivity contribution in [1.82, 2.24) is 4.90 Å². The van der Waals surface area contributed by atoms with Crippen LogP contribution in [0.15, 0.2) is 36.4 Å². The van der Waals surface area contributed by atoms with Crippen LogP contribution in [0.1, 0.15) is 24.8 Å². The summed E-state index contributed by atoms with van der Waals surface area (Å²) in [6.07, 6.45) is 5.48. The molecule has 2 atom stereocenters. The van der Waals surface area contributed by atoms with Gasteiger partial charge in [-0.2, -0.15) is 0 Å². The number of primary amides is 1. The highest BCUT2D eigenvalue weighted by atomic mass is 35.5. The average Bonchev–Trinajstić information content (AvgIpc) is 2.85. The van der Waals surface area contributed by atoms with Crippen LogP contribution in [0.2, 0.25) is 5.02 Å². The fourth-order valence-electron chi connectivity index (χ4n) is 2.77. The van der Waals surface area contributed by atoms with E-state index in [1.807, 2.05) is 19.1 Å². The zero-order chi connectivity index (χ0) is 14.5. The molecule has 1 aliphatic heterocycles. The van der Waals surface area contributed by atoms with Crippen LogP contribution in [-0.2, 0) is 4.79 Å². The molecule has 3 nitrogen and oxygen atoms in total. The first-order valence-corrected chi connectivity index (χ1v) is 7.38. The Hall–Kier alpha value is -1.32. The van der Waals surface area contributed by atoms with E-state index in [9.17, 15) is 4.79 Å². The van der Waals surface area contributed by atoms with E-state index in [0.29, 0.717) is 17.5 Å². The Morgan fingerprint density at radius 3 is 2.80 bits per heavy atom. The van der Waals surface area contributed by atoms with Crippen molar-refractivity contribution in [2.24, 2.45) is 11.7 Å². The molecule has 0 unspecified atom stereocenters. The zero-order valence-electron chi connectivity index (χ0n) is 11.8. The van der Waals surface area contributed by atoms with Crippen molar-refractivity contribution >= 4 is 17.5 Å². The maximum absolute atomic E-state index is 11.7. The molecule has 0 aromatic heterocycles. The van der Waals surface area contributed by atoms with E-state index in [1.165, 1.54) is 0 Å². The quantitative estimate of drug-likeness (QED) is 0.848. The second-order valence-electron chi connectivity index (χ2n) is 5.34. The maximum atomic E-state index is 11.7. The fourth-order valence-corrected chi connectivity index (χ4v) is 2.90. The fraction of sp³-hybridized carbons (Fsp3) is 0.438. The van der Waals surface area contributed by atoms with Gasteiger partial charge in [-0.15, -0.1) is 0 Å². The lowest BCUT2D eigenvalue weighted by Gasteiger charge is -2.21. The highest BCUT2D eigenvalue weighted by Gasteiger charge is 2.26. The predicted octanol–water partition coefficient (Wildman–Crippen LogP) is 2.81. The van der Waals surface area contributed by atoms with E-state index >= 15 is 0 Å². The third-order valence-electron chi connectivity index (χ3n) is 3.83. The summed E-state index contributed by atoms with van der Waals surface area (Å²) in [7, 11) is 0. The Morgan fingerprint density at radius 2 is 2.20 bits per heavy atom. The van der Waals surface area contributed by atoms with Crippen molar-refractivity contribution in [3.8, 4) is 0 Å². The molecular formula is C16H21ClN2O. The summed E-state index contributed by atoms with van der Waals surface area (Å²) in [6, 6.07) is 7.38. The number of carbonyl (C=O) groups excluding carboxylic acids is 1. The number of halogens is 1. The topological polar surface area (TPSA) is 46.3 Å². The maximum Gasteiger partial charge on any atom is 0.226 e. The smallest absolute Gasteiger partial charge is 0.226 e. The first kappa shape index (κ1) is 15.1. The second-order valence-corrected chi connectivity index (χ2v) is 5.78. The van der Waals surface area contributed by atoms with Gasteiger partial charge in [0.25, 0.3) is 0 Å². The van der Waals surface area contributed by atoms with Gasteiger partial charge >= 0.3 is 0 Å². The van der Waals surface area contributed by atoms with Crippen molar-refractivity contribution in [2.75, 3.05) is 19.6 Å². The highest BCUT2D eigenvalue weighted by Crippen LogP contribution is 2.24. The summed E-state index contributed by atoms with van der Waals surface area (Å²) in [5.41, 5.74) is 6.51. The molecular weight excluding hydrogens is 272 g/mol. The van der Waals surface area contributed by atoms with Crippen molar-refractivity contribution in [3.05, 3.63) is 47.0 Å². The number of amides is 1. The summed E-state index contributed by atoms with van der Waals surface area (Å²) in [4.78, 5) is 14.0. The molecule has 1 heterocycles. The summed E-state index contributed by atoms with van der Waals surface area (Å²) in [5, 5.41) is 0.672. The van der Waals surface area contributed by atoms with Gasteiger partial charge < -0.3 is 10.6 Å². The molecule has 1 aromatic carbocycles. The SMILES string of the molecule is C/C=C\[C@H]1CCN(C[C@H](C(N)=O)c2ccc(Cl)cc2)C1. The second kappa shape index (κ2) is 6.91. The van der Waals surface area contributed by atoms with Gasteiger partial charge in [0.15, 0.2) is 0 Å². The van der Waals surface area contributed by atoms with Crippen LogP contribution in [0.3, 0.4) is 0 Å². The number of carbonyl (C=O) groups is 1. The molecule has 0 saturated carbocycles. The van der Waals surface area contributed by atoms with Crippen LogP contribution >= 0.6 is 11.6 Å². The molecule has 0 spiro atoms. The number of rotatable bonds is 5. The van der Waals surface area contributed by atoms with E-state index < -0.39 is 0 Å². The lowest BCUT2D eigenvalue weighted by Crippen LogP contribution is -2.33. The van der Waals surface area contributed by atoms with E-state index in [1.54, 1.807) is 12.1 Å². The minimum absolute atomic E-state index is 0.267. The Morgan fingerprint density at radius 1 is 1.50 bits per heavy atom. The van der Waals surface area contributed by atoms with Crippen LogP contribution in [0.5, 0.6) is 0 Å². The number of nitrogens with zero attached hydrogens (tertiary/aromatic N) is 1. The molecule has 4 heteroatoms. The van der Waals surface area contributed by atoms with Crippen LogP contribution in [0.25, 0.3) is 0 Å². The van der Waals surface area contributed by atoms with Gasteiger partial charge in [-0.25, -0.2) is 0 Å². The van der Waals surface area contributed by atoms with E-state index in [2.05, 4.69) is 17.1 Å². The monoisotopic (exact) mass is 292 g/mol. The number of hydrogen-bond donors (Lipinski definition) is 1. The molecule has 1 amide bonds. The van der Waals surface area contributed by atoms with Gasteiger partial charge in [-0.05, 0) is 43.5 Å². The normalized spacial score (nSPS) is 21.4. The first-order valence-electron chi connectivity index (χ1n) is 7.00. The molecule has 2 rings (SSSR count). The van der Waals surface area contributed by atoms with E-state index in [4.69, 9.17) is 17.3 Å². The molecule has 0 aliphatic carbocycles. The molecule has 1 saturated heterocycles. The average molecular weight is 293 g/mol. The van der Waals surface area contributed by atoms with Crippen molar-refractivity contribution < 1.29 is 4.79 Å². The van der Waals surface area contributed by atoms with Crippen LogP contribution in [0.4, 0.5) is 0 Å². The van der Waals surface area contributed by atoms with E-state index in [0.717, 1.165) is 25.1 Å². The summed E-state index contributed by atoms with van der Waals surface area (Å²) < 4.78 is 0. The molecule has 0 radical (unpaired) electrons. The third kappa shape index (κ3) is 3.84. The molecule has 2 N–H and O–H groups in total. The van der Waals surface area contributed by atoms with Crippen LogP contribution in [-0.4, -0.2) is 30.4 Å². The lowest BCUT2D eigenvalue weighted by molar-refractivity contribution is -0.119. The van der Waals surface area contributed by atoms with Crippen LogP contribution in [0, 0.1) is 5.92 Å². The minimum atomic E-state index is -0.276. The lowest BCUT2D eigenvalue weighted by atomic mass is 9.98. The number of allylic oxidation sites excluding steroid dienone is 1. The van der Waals surface area contributed by atoms with Gasteiger partial charge in [0.2, 0.25) is 5.91 Å². The Labute approximate surface area is 125 Å². The summed E-state index contributed by atoms with van der Waals surface area (Å²) in [5.74, 6) is 0.0529. The Kier molecular flexibility index (Phi) is 5.21. The predicted molar refractivity (Wildman–Crippen MR) is 82.7 cm³/mol. The molecule has 1 aliphatic rings. The molecule has 108 valence electrons. The molecule has 20 heavy (non-hydrogen) atoms.